The highest BCUT2D eigenvalue weighted by molar-refractivity contribution is 5.70. The predicted molar refractivity (Wildman–Crippen MR) is 204 cm³/mol. The normalized spacial score (nSPS) is 12.7. The fourth-order valence-electron chi connectivity index (χ4n) is 6.00. The Hall–Kier alpha value is -1.58. The van der Waals surface area contributed by atoms with Crippen LogP contribution in [0.2, 0.25) is 0 Å². The van der Waals surface area contributed by atoms with Gasteiger partial charge in [0.05, 0.1) is 0 Å². The van der Waals surface area contributed by atoms with Crippen molar-refractivity contribution in [2.24, 2.45) is 5.41 Å². The molecule has 0 saturated heterocycles. The van der Waals surface area contributed by atoms with Gasteiger partial charge in [-0.2, -0.15) is 0 Å². The van der Waals surface area contributed by atoms with Crippen molar-refractivity contribution < 1.29 is 19.1 Å². The van der Waals surface area contributed by atoms with Crippen LogP contribution in [0.15, 0.2) is 24.3 Å². The molecule has 0 radical (unpaired) electrons. The van der Waals surface area contributed by atoms with Gasteiger partial charge in [0, 0.05) is 12.8 Å². The van der Waals surface area contributed by atoms with Crippen LogP contribution in [0, 0.1) is 5.41 Å². The van der Waals surface area contributed by atoms with Crippen molar-refractivity contribution in [2.75, 3.05) is 6.61 Å². The van der Waals surface area contributed by atoms with Crippen molar-refractivity contribution in [3.8, 4) is 0 Å². The van der Waals surface area contributed by atoms with Crippen LogP contribution >= 0.6 is 0 Å². The Bertz CT molecular complexity index is 747. The minimum atomic E-state index is -0.372. The number of carbonyl (C=O) groups excluding carboxylic acids is 2. The number of rotatable bonds is 34. The summed E-state index contributed by atoms with van der Waals surface area (Å²) in [6, 6.07) is 0. The molecule has 0 aromatic carbocycles. The van der Waals surface area contributed by atoms with Gasteiger partial charge in [0.2, 0.25) is 0 Å². The highest BCUT2D eigenvalue weighted by Crippen LogP contribution is 2.23. The van der Waals surface area contributed by atoms with E-state index in [-0.39, 0.29) is 30.1 Å². The number of allylic oxidation sites excluding steroid dienone is 4. The third-order valence-electron chi connectivity index (χ3n) is 8.85. The molecule has 0 rings (SSSR count). The monoisotopic (exact) mass is 661 g/mol. The summed E-state index contributed by atoms with van der Waals surface area (Å²) in [7, 11) is 0. The largest absolute Gasteiger partial charge is 0.462 e. The van der Waals surface area contributed by atoms with E-state index in [1.54, 1.807) is 0 Å². The second-order valence-corrected chi connectivity index (χ2v) is 15.2. The Morgan fingerprint density at radius 2 is 0.830 bits per heavy atom. The van der Waals surface area contributed by atoms with Crippen LogP contribution < -0.4 is 0 Å². The van der Waals surface area contributed by atoms with Gasteiger partial charge in [-0.15, -0.1) is 0 Å². The van der Waals surface area contributed by atoms with Gasteiger partial charge in [-0.1, -0.05) is 162 Å². The first-order chi connectivity index (χ1) is 22.8. The van der Waals surface area contributed by atoms with Crippen LogP contribution in [0.3, 0.4) is 0 Å². The standard InChI is InChI=1S/C43H80O4/c1-6-8-10-12-14-16-18-20-22-24-26-28-30-32-34-36-41(44)46-39-40(38-43(3,4)5)47-42(45)37-35-33-31-29-27-25-23-21-19-17-15-13-11-9-7-2/h20-23,40H,6-19,24-39H2,1-5H3. The van der Waals surface area contributed by atoms with Gasteiger partial charge in [0.15, 0.2) is 0 Å². The lowest BCUT2D eigenvalue weighted by Gasteiger charge is -2.25. The zero-order valence-corrected chi connectivity index (χ0v) is 32.2. The zero-order chi connectivity index (χ0) is 34.7. The molecule has 0 aliphatic heterocycles. The van der Waals surface area contributed by atoms with Crippen molar-refractivity contribution in [3.63, 3.8) is 0 Å². The van der Waals surface area contributed by atoms with Crippen LogP contribution in [-0.2, 0) is 19.1 Å². The Balaban J connectivity index is 3.89. The predicted octanol–water partition coefficient (Wildman–Crippen LogP) is 14.0. The van der Waals surface area contributed by atoms with Gasteiger partial charge < -0.3 is 9.47 Å². The highest BCUT2D eigenvalue weighted by Gasteiger charge is 2.23. The minimum Gasteiger partial charge on any atom is -0.462 e. The van der Waals surface area contributed by atoms with Crippen molar-refractivity contribution in [1.29, 1.82) is 0 Å². The number of carbonyl (C=O) groups is 2. The molecule has 0 aromatic rings. The molecule has 0 saturated carbocycles. The quantitative estimate of drug-likeness (QED) is 0.0391. The molecule has 0 N–H and O–H groups in total. The zero-order valence-electron chi connectivity index (χ0n) is 32.2. The maximum Gasteiger partial charge on any atom is 0.306 e. The van der Waals surface area contributed by atoms with Crippen LogP contribution in [0.4, 0.5) is 0 Å². The number of hydrogen-bond donors (Lipinski definition) is 0. The van der Waals surface area contributed by atoms with Gasteiger partial charge in [0.1, 0.15) is 12.7 Å². The van der Waals surface area contributed by atoms with E-state index in [4.69, 9.17) is 9.47 Å². The van der Waals surface area contributed by atoms with Crippen molar-refractivity contribution in [2.45, 2.75) is 227 Å². The molecular formula is C43H80O4. The third-order valence-corrected chi connectivity index (χ3v) is 8.85. The molecule has 1 unspecified atom stereocenters. The summed E-state index contributed by atoms with van der Waals surface area (Å²) in [6.45, 7) is 11.1. The van der Waals surface area contributed by atoms with E-state index in [0.717, 1.165) is 32.1 Å². The van der Waals surface area contributed by atoms with Crippen molar-refractivity contribution >= 4 is 11.9 Å². The van der Waals surface area contributed by atoms with Gasteiger partial charge in [-0.05, 0) is 76.0 Å². The molecule has 0 spiro atoms. The van der Waals surface area contributed by atoms with Crippen LogP contribution in [0.1, 0.15) is 221 Å². The van der Waals surface area contributed by atoms with E-state index in [9.17, 15) is 9.59 Å². The Labute approximate surface area is 293 Å². The second-order valence-electron chi connectivity index (χ2n) is 15.2. The lowest BCUT2D eigenvalue weighted by atomic mass is 9.89. The highest BCUT2D eigenvalue weighted by atomic mass is 16.6. The summed E-state index contributed by atoms with van der Waals surface area (Å²) in [4.78, 5) is 25.0. The van der Waals surface area contributed by atoms with E-state index in [1.807, 2.05) is 0 Å². The molecule has 0 fully saturated rings. The van der Waals surface area contributed by atoms with E-state index < -0.39 is 0 Å². The lowest BCUT2D eigenvalue weighted by molar-refractivity contribution is -0.161. The Kier molecular flexibility index (Phi) is 33.1. The molecule has 4 nitrogen and oxygen atoms in total. The Morgan fingerprint density at radius 1 is 0.489 bits per heavy atom. The summed E-state index contributed by atoms with van der Waals surface area (Å²) in [5.41, 5.74) is -0.0101. The molecular weight excluding hydrogens is 580 g/mol. The minimum absolute atomic E-state index is 0.0101. The third kappa shape index (κ3) is 37.1. The molecule has 0 amide bonds. The van der Waals surface area contributed by atoms with Gasteiger partial charge >= 0.3 is 11.9 Å². The van der Waals surface area contributed by atoms with E-state index in [1.165, 1.54) is 135 Å². The SMILES string of the molecule is CCCCCCCCC=CCCCCCCCC(=O)OCC(CC(C)(C)C)OC(=O)CCCCCCCC=CCCCCCCCC. The first-order valence-electron chi connectivity index (χ1n) is 20.4. The maximum atomic E-state index is 12.6. The number of ether oxygens (including phenoxy) is 2. The second kappa shape index (κ2) is 34.3. The van der Waals surface area contributed by atoms with Crippen molar-refractivity contribution in [1.82, 2.24) is 0 Å². The molecule has 0 bridgehead atoms. The summed E-state index contributed by atoms with van der Waals surface area (Å²) < 4.78 is 11.4. The first-order valence-corrected chi connectivity index (χ1v) is 20.4. The van der Waals surface area contributed by atoms with Crippen LogP contribution in [0.25, 0.3) is 0 Å². The smallest absolute Gasteiger partial charge is 0.306 e. The van der Waals surface area contributed by atoms with E-state index >= 15 is 0 Å². The molecule has 0 heterocycles. The molecule has 0 aliphatic rings. The molecule has 1 atom stereocenters. The summed E-state index contributed by atoms with van der Waals surface area (Å²) >= 11 is 0. The number of hydrogen-bond acceptors (Lipinski definition) is 4. The maximum absolute atomic E-state index is 12.6. The fraction of sp³-hybridized carbons (Fsp3) is 0.860. The number of unbranched alkanes of at least 4 members (excludes halogenated alkanes) is 22. The fourth-order valence-corrected chi connectivity index (χ4v) is 6.00. The topological polar surface area (TPSA) is 52.6 Å². The summed E-state index contributed by atoms with van der Waals surface area (Å²) in [5.74, 6) is -0.333. The molecule has 0 aliphatic carbocycles. The molecule has 47 heavy (non-hydrogen) atoms. The van der Waals surface area contributed by atoms with E-state index in [2.05, 4.69) is 58.9 Å². The molecule has 4 heteroatoms. The number of esters is 2. The van der Waals surface area contributed by atoms with Crippen LogP contribution in [-0.4, -0.2) is 24.6 Å². The molecule has 276 valence electrons. The van der Waals surface area contributed by atoms with Crippen molar-refractivity contribution in [3.05, 3.63) is 24.3 Å². The van der Waals surface area contributed by atoms with Gasteiger partial charge in [-0.25, -0.2) is 0 Å². The van der Waals surface area contributed by atoms with Gasteiger partial charge in [-0.3, -0.25) is 9.59 Å². The summed E-state index contributed by atoms with van der Waals surface area (Å²) in [5, 5.41) is 0. The van der Waals surface area contributed by atoms with Crippen LogP contribution in [0.5, 0.6) is 0 Å². The average molecular weight is 661 g/mol. The van der Waals surface area contributed by atoms with Gasteiger partial charge in [0.25, 0.3) is 0 Å². The Morgan fingerprint density at radius 3 is 1.21 bits per heavy atom. The van der Waals surface area contributed by atoms with E-state index in [0.29, 0.717) is 19.3 Å². The molecule has 0 aromatic heterocycles. The first kappa shape index (κ1) is 45.4. The average Bonchev–Trinajstić information content (AvgIpc) is 3.03. The lowest BCUT2D eigenvalue weighted by Crippen LogP contribution is -2.29. The summed E-state index contributed by atoms with van der Waals surface area (Å²) in [6.07, 6.45) is 42.8.